The first kappa shape index (κ1) is 36.0. The molecule has 0 unspecified atom stereocenters. The lowest BCUT2D eigenvalue weighted by molar-refractivity contribution is -0.0551. The van der Waals surface area contributed by atoms with Crippen molar-refractivity contribution in [3.63, 3.8) is 0 Å². The summed E-state index contributed by atoms with van der Waals surface area (Å²) >= 11 is 5.81. The van der Waals surface area contributed by atoms with E-state index in [1.54, 1.807) is 4.90 Å². The van der Waals surface area contributed by atoms with E-state index in [1.807, 2.05) is 24.3 Å². The number of amidine groups is 1. The summed E-state index contributed by atoms with van der Waals surface area (Å²) in [6, 6.07) is 7.48. The number of halogens is 1. The minimum absolute atomic E-state index is 0.0640. The Morgan fingerprint density at radius 2 is 1.53 bits per heavy atom. The number of unbranched alkanes of at least 4 members (excludes halogenated alkanes) is 1. The van der Waals surface area contributed by atoms with Crippen LogP contribution in [0.1, 0.15) is 35.3 Å². The minimum atomic E-state index is -1.36. The van der Waals surface area contributed by atoms with Gasteiger partial charge in [0.05, 0.1) is 31.8 Å². The quantitative estimate of drug-likeness (QED) is 0.0345. The second-order valence-electron chi connectivity index (χ2n) is 9.95. The number of benzene rings is 1. The summed E-state index contributed by atoms with van der Waals surface area (Å²) in [5, 5.41) is 57.4. The molecule has 0 bridgehead atoms. The number of Topliss-reactive ketones (excluding diaryl/α,β-unsaturated/α-hetero) is 1. The maximum Gasteiger partial charge on any atom is 0.192 e. The topological polar surface area (TPSA) is 267 Å². The lowest BCUT2D eigenvalue weighted by atomic mass is 10.1. The molecule has 0 radical (unpaired) electrons. The van der Waals surface area contributed by atoms with Crippen molar-refractivity contribution in [2.24, 2.45) is 10.7 Å². The van der Waals surface area contributed by atoms with Gasteiger partial charge in [0.15, 0.2) is 28.3 Å². The number of nitrogens with zero attached hydrogens (tertiary/aromatic N) is 4. The lowest BCUT2D eigenvalue weighted by Crippen LogP contribution is -2.47. The highest BCUT2D eigenvalue weighted by Gasteiger charge is 2.24. The standard InChI is InChI=1S/C27H42ClN7O8/c28-25-27(31)34-26(30)24(33-25)18(38)11-23(29)32-8-2-1-3-16-4-6-17(7-5-16)43-10-9-35(12-19(39)21(41)14-36)13-20(40)22(42)15-37/h4-7,19-22,36-37,39-42H,1-3,8-15H2,(H2,29,32)(H4,30,31,34)/t19-,20-,21+,22+/m0/s1. The summed E-state index contributed by atoms with van der Waals surface area (Å²) in [5.41, 5.74) is 18.1. The van der Waals surface area contributed by atoms with E-state index in [9.17, 15) is 25.2 Å². The van der Waals surface area contributed by atoms with Gasteiger partial charge < -0.3 is 52.6 Å². The zero-order valence-corrected chi connectivity index (χ0v) is 24.6. The summed E-state index contributed by atoms with van der Waals surface area (Å²) in [5.74, 6) is 0.107. The van der Waals surface area contributed by atoms with Gasteiger partial charge in [-0.1, -0.05) is 23.7 Å². The van der Waals surface area contributed by atoms with E-state index in [-0.39, 0.29) is 61.0 Å². The number of nitrogens with two attached hydrogens (primary N) is 3. The van der Waals surface area contributed by atoms with E-state index in [2.05, 4.69) is 15.0 Å². The third kappa shape index (κ3) is 12.5. The number of aliphatic imine (C=N–C) groups is 1. The number of aliphatic hydroxyl groups excluding tert-OH is 6. The number of aromatic nitrogens is 2. The van der Waals surface area contributed by atoms with Gasteiger partial charge in [-0.05, 0) is 37.0 Å². The Labute approximate surface area is 254 Å². The van der Waals surface area contributed by atoms with Crippen LogP contribution in [0.25, 0.3) is 0 Å². The lowest BCUT2D eigenvalue weighted by Gasteiger charge is -2.29. The van der Waals surface area contributed by atoms with E-state index in [0.717, 1.165) is 24.8 Å². The van der Waals surface area contributed by atoms with Crippen molar-refractivity contribution < 1.29 is 40.2 Å². The molecule has 1 aromatic carbocycles. The predicted octanol–water partition coefficient (Wildman–Crippen LogP) is -1.64. The molecule has 1 aromatic heterocycles. The van der Waals surface area contributed by atoms with Gasteiger partial charge in [0.1, 0.15) is 30.4 Å². The van der Waals surface area contributed by atoms with E-state index >= 15 is 0 Å². The van der Waals surface area contributed by atoms with Crippen LogP contribution < -0.4 is 21.9 Å². The van der Waals surface area contributed by atoms with Crippen LogP contribution in [0.2, 0.25) is 5.15 Å². The molecule has 1 heterocycles. The molecule has 0 saturated heterocycles. The number of ketones is 1. The zero-order valence-electron chi connectivity index (χ0n) is 23.8. The van der Waals surface area contributed by atoms with E-state index in [1.165, 1.54) is 0 Å². The Morgan fingerprint density at radius 3 is 2.12 bits per heavy atom. The highest BCUT2D eigenvalue weighted by molar-refractivity contribution is 6.31. The number of rotatable bonds is 20. The normalized spacial score (nSPS) is 14.8. The number of hydrogen-bond donors (Lipinski definition) is 9. The van der Waals surface area contributed by atoms with Gasteiger partial charge in [0, 0.05) is 26.2 Å². The molecule has 16 heteroatoms. The van der Waals surface area contributed by atoms with Crippen LogP contribution >= 0.6 is 11.6 Å². The molecular formula is C27H42ClN7O8. The van der Waals surface area contributed by atoms with E-state index in [4.69, 9.17) is 43.8 Å². The number of anilines is 2. The number of carbonyl (C=O) groups excluding carboxylic acids is 1. The first-order chi connectivity index (χ1) is 20.4. The predicted molar refractivity (Wildman–Crippen MR) is 161 cm³/mol. The van der Waals surface area contributed by atoms with Gasteiger partial charge in [-0.3, -0.25) is 14.7 Å². The summed E-state index contributed by atoms with van der Waals surface area (Å²) in [7, 11) is 0. The smallest absolute Gasteiger partial charge is 0.192 e. The van der Waals surface area contributed by atoms with Crippen LogP contribution in [0.3, 0.4) is 0 Å². The molecule has 240 valence electrons. The molecule has 0 amide bonds. The molecule has 0 aliphatic heterocycles. The second kappa shape index (κ2) is 18.5. The van der Waals surface area contributed by atoms with Gasteiger partial charge in [0.2, 0.25) is 0 Å². The number of hydrogen-bond acceptors (Lipinski definition) is 14. The van der Waals surface area contributed by atoms with Crippen LogP contribution in [0.4, 0.5) is 11.6 Å². The van der Waals surface area contributed by atoms with Crippen molar-refractivity contribution >= 4 is 34.9 Å². The first-order valence-corrected chi connectivity index (χ1v) is 14.1. The molecular weight excluding hydrogens is 586 g/mol. The fraction of sp³-hybridized carbons (Fsp3) is 0.556. The molecule has 0 aliphatic carbocycles. The molecule has 0 spiro atoms. The number of nitrogen functional groups attached to an aromatic ring is 2. The van der Waals surface area contributed by atoms with E-state index < -0.39 is 43.4 Å². The summed E-state index contributed by atoms with van der Waals surface area (Å²) in [6.07, 6.45) is -3.10. The van der Waals surface area contributed by atoms with Gasteiger partial charge in [0.25, 0.3) is 0 Å². The molecule has 2 aromatic rings. The average molecular weight is 628 g/mol. The molecule has 4 atom stereocenters. The van der Waals surface area contributed by atoms with Crippen molar-refractivity contribution in [2.45, 2.75) is 50.1 Å². The zero-order chi connectivity index (χ0) is 31.9. The van der Waals surface area contributed by atoms with Gasteiger partial charge in [-0.15, -0.1) is 0 Å². The van der Waals surface area contributed by atoms with Crippen molar-refractivity contribution in [3.05, 3.63) is 40.7 Å². The van der Waals surface area contributed by atoms with E-state index in [0.29, 0.717) is 12.3 Å². The third-order valence-corrected chi connectivity index (χ3v) is 6.73. The molecule has 2 rings (SSSR count). The Hall–Kier alpha value is -3.15. The Bertz CT molecular complexity index is 1160. The number of aryl methyl sites for hydroxylation is 1. The highest BCUT2D eigenvalue weighted by atomic mass is 35.5. The van der Waals surface area contributed by atoms with Crippen LogP contribution in [0.5, 0.6) is 5.75 Å². The third-order valence-electron chi connectivity index (χ3n) is 6.45. The summed E-state index contributed by atoms with van der Waals surface area (Å²) in [4.78, 5) is 25.8. The average Bonchev–Trinajstić information content (AvgIpc) is 2.98. The summed E-state index contributed by atoms with van der Waals surface area (Å²) in [6.45, 7) is -0.595. The molecule has 12 N–H and O–H groups in total. The number of ether oxygens (including phenoxy) is 1. The monoisotopic (exact) mass is 627 g/mol. The van der Waals surface area contributed by atoms with Crippen LogP contribution in [-0.4, -0.2) is 128 Å². The van der Waals surface area contributed by atoms with Crippen LogP contribution in [-0.2, 0) is 6.42 Å². The maximum atomic E-state index is 12.4. The van der Waals surface area contributed by atoms with Crippen molar-refractivity contribution in [3.8, 4) is 5.75 Å². The molecule has 43 heavy (non-hydrogen) atoms. The summed E-state index contributed by atoms with van der Waals surface area (Å²) < 4.78 is 5.76. The maximum absolute atomic E-state index is 12.4. The van der Waals surface area contributed by atoms with Crippen LogP contribution in [0.15, 0.2) is 29.3 Å². The molecule has 0 aliphatic rings. The molecule has 0 saturated carbocycles. The van der Waals surface area contributed by atoms with Crippen LogP contribution in [0, 0.1) is 0 Å². The second-order valence-corrected chi connectivity index (χ2v) is 10.3. The van der Waals surface area contributed by atoms with Crippen molar-refractivity contribution in [1.29, 1.82) is 0 Å². The van der Waals surface area contributed by atoms with Crippen molar-refractivity contribution in [2.75, 3.05) is 57.5 Å². The Balaban J connectivity index is 1.76. The van der Waals surface area contributed by atoms with Gasteiger partial charge in [-0.2, -0.15) is 0 Å². The van der Waals surface area contributed by atoms with Crippen molar-refractivity contribution in [1.82, 2.24) is 14.9 Å². The minimum Gasteiger partial charge on any atom is -0.492 e. The van der Waals surface area contributed by atoms with Gasteiger partial charge >= 0.3 is 0 Å². The highest BCUT2D eigenvalue weighted by Crippen LogP contribution is 2.19. The molecule has 0 fully saturated rings. The number of carbonyl (C=O) groups is 1. The SMILES string of the molecule is NC(CC(=O)c1nc(Cl)c(N)nc1N)=NCCCCc1ccc(OCCN(C[C@H](O)[C@H](O)CO)C[C@H](O)[C@H](O)CO)cc1. The largest absolute Gasteiger partial charge is 0.492 e. The Kier molecular flexibility index (Phi) is 15.5. The number of aliphatic hydroxyl groups is 6. The first-order valence-electron chi connectivity index (χ1n) is 13.7. The fourth-order valence-corrected chi connectivity index (χ4v) is 4.06. The molecule has 15 nitrogen and oxygen atoms in total. The van der Waals surface area contributed by atoms with Gasteiger partial charge in [-0.25, -0.2) is 9.97 Å². The fourth-order valence-electron chi connectivity index (χ4n) is 3.93. The Morgan fingerprint density at radius 1 is 0.930 bits per heavy atom.